The molecule has 238 valence electrons. The minimum Gasteiger partial charge on any atom is -0.496 e. The molecule has 1 aliphatic heterocycles. The van der Waals surface area contributed by atoms with Crippen molar-refractivity contribution in [2.24, 2.45) is 11.8 Å². The molecule has 45 heavy (non-hydrogen) atoms. The van der Waals surface area contributed by atoms with Crippen molar-refractivity contribution in [2.45, 2.75) is 76.2 Å². The molecule has 2 saturated carbocycles. The van der Waals surface area contributed by atoms with Gasteiger partial charge < -0.3 is 34.1 Å². The van der Waals surface area contributed by atoms with Crippen LogP contribution in [0.1, 0.15) is 67.1 Å². The number of aromatic nitrogens is 1. The zero-order valence-electron chi connectivity index (χ0n) is 25.5. The number of aliphatic carboxylic acids is 1. The molecule has 3 unspecified atom stereocenters. The summed E-state index contributed by atoms with van der Waals surface area (Å²) in [5.41, 5.74) is -1.51. The number of fused-ring (bicyclic) bond motifs is 2. The van der Waals surface area contributed by atoms with E-state index in [4.69, 9.17) is 13.9 Å². The number of rotatable bonds is 9. The molecule has 2 aliphatic carbocycles. The van der Waals surface area contributed by atoms with E-state index in [2.05, 4.69) is 11.1 Å². The fourth-order valence-corrected chi connectivity index (χ4v) is 8.42. The standard InChI is InChI=1S/C32H36N4O8S/c1-17-24-27(37)36(31(2,3)29(38)39)30(40)35(28(24)45-25(17)26-34-9-10-43-26)15-23(21-7-5-6-8-22(21)42-4)44-20-11-18-13-32(41,16-33)14-19(18)12-20/h5-10,18-20,23,30,40-41H,11-15H2,1-4H3,(H,38,39)/t18-,19+,20-,23?,30?,32?. The maximum absolute atomic E-state index is 14.0. The molecule has 3 heterocycles. The van der Waals surface area contributed by atoms with Gasteiger partial charge in [0.1, 0.15) is 28.7 Å². The number of anilines is 1. The maximum atomic E-state index is 14.0. The number of oxazole rings is 1. The normalized spacial score (nSPS) is 26.8. The summed E-state index contributed by atoms with van der Waals surface area (Å²) in [5, 5.41) is 42.4. The predicted molar refractivity (Wildman–Crippen MR) is 162 cm³/mol. The Labute approximate surface area is 264 Å². The van der Waals surface area contributed by atoms with Gasteiger partial charge in [0.15, 0.2) is 5.60 Å². The number of thiophene rings is 1. The number of carboxylic acid groups (broad SMARTS) is 1. The second kappa shape index (κ2) is 11.4. The highest BCUT2D eigenvalue weighted by Gasteiger charge is 2.52. The highest BCUT2D eigenvalue weighted by atomic mass is 32.1. The molecular weight excluding hydrogens is 600 g/mol. The Morgan fingerprint density at radius 2 is 1.98 bits per heavy atom. The number of carbonyl (C=O) groups excluding carboxylic acids is 1. The zero-order valence-corrected chi connectivity index (χ0v) is 26.3. The quantitative estimate of drug-likeness (QED) is 0.286. The largest absolute Gasteiger partial charge is 0.496 e. The van der Waals surface area contributed by atoms with Gasteiger partial charge in [0.05, 0.1) is 42.5 Å². The number of nitriles is 1. The minimum absolute atomic E-state index is 0.0486. The van der Waals surface area contributed by atoms with Gasteiger partial charge in [0.2, 0.25) is 12.2 Å². The highest BCUT2D eigenvalue weighted by Crippen LogP contribution is 2.51. The Morgan fingerprint density at radius 1 is 1.29 bits per heavy atom. The Bertz CT molecular complexity index is 1630. The summed E-state index contributed by atoms with van der Waals surface area (Å²) in [7, 11) is 1.56. The molecule has 0 saturated heterocycles. The number of methoxy groups -OCH3 is 1. The van der Waals surface area contributed by atoms with Gasteiger partial charge in [-0.25, -0.2) is 9.78 Å². The van der Waals surface area contributed by atoms with Crippen molar-refractivity contribution in [3.8, 4) is 22.6 Å². The summed E-state index contributed by atoms with van der Waals surface area (Å²) in [6.07, 6.45) is 2.57. The highest BCUT2D eigenvalue weighted by molar-refractivity contribution is 7.20. The van der Waals surface area contributed by atoms with E-state index in [1.807, 2.05) is 24.3 Å². The number of benzene rings is 1. The molecule has 2 fully saturated rings. The molecule has 1 aromatic carbocycles. The van der Waals surface area contributed by atoms with Gasteiger partial charge >= 0.3 is 5.97 Å². The Balaban J connectivity index is 1.41. The van der Waals surface area contributed by atoms with Crippen LogP contribution in [0.25, 0.3) is 10.8 Å². The van der Waals surface area contributed by atoms with Gasteiger partial charge in [-0.3, -0.25) is 9.69 Å². The van der Waals surface area contributed by atoms with E-state index in [1.165, 1.54) is 37.6 Å². The number of hydrogen-bond acceptors (Lipinski definition) is 11. The first kappa shape index (κ1) is 31.0. The molecule has 3 aromatic rings. The number of amides is 1. The van der Waals surface area contributed by atoms with Gasteiger partial charge in [-0.1, -0.05) is 18.2 Å². The zero-order chi connectivity index (χ0) is 32.3. The third-order valence-electron chi connectivity index (χ3n) is 9.49. The summed E-state index contributed by atoms with van der Waals surface area (Å²) < 4.78 is 18.1. The molecule has 13 heteroatoms. The molecular formula is C32H36N4O8S. The van der Waals surface area contributed by atoms with Gasteiger partial charge in [-0.15, -0.1) is 11.3 Å². The fourth-order valence-electron chi connectivity index (χ4n) is 7.15. The van der Waals surface area contributed by atoms with Crippen LogP contribution in [0.2, 0.25) is 0 Å². The second-order valence-electron chi connectivity index (χ2n) is 12.6. The SMILES string of the molecule is COc1ccccc1C(CN1c2sc(-c3ncco3)c(C)c2C(=O)N(C(C)(C)C(=O)O)C1O)O[C@@H]1C[C@@H]2CC(O)(C#N)C[C@@H]2C1. The fraction of sp³-hybridized carbons (Fsp3) is 0.500. The number of ether oxygens (including phenoxy) is 2. The van der Waals surface area contributed by atoms with Gasteiger partial charge in [-0.2, -0.15) is 5.26 Å². The third-order valence-corrected chi connectivity index (χ3v) is 10.8. The number of para-hydroxylation sites is 1. The maximum Gasteiger partial charge on any atom is 0.329 e. The lowest BCUT2D eigenvalue weighted by atomic mass is 9.98. The molecule has 0 radical (unpaired) electrons. The minimum atomic E-state index is -1.76. The molecule has 12 nitrogen and oxygen atoms in total. The molecule has 3 N–H and O–H groups in total. The molecule has 6 rings (SSSR count). The molecule has 0 spiro atoms. The Kier molecular flexibility index (Phi) is 7.89. The van der Waals surface area contributed by atoms with Crippen molar-refractivity contribution in [3.63, 3.8) is 0 Å². The summed E-state index contributed by atoms with van der Waals surface area (Å²) in [5.74, 6) is -0.697. The van der Waals surface area contributed by atoms with Crippen molar-refractivity contribution in [1.82, 2.24) is 9.88 Å². The topological polar surface area (TPSA) is 170 Å². The summed E-state index contributed by atoms with van der Waals surface area (Å²) in [4.78, 5) is 33.8. The van der Waals surface area contributed by atoms with Crippen molar-refractivity contribution < 1.29 is 38.8 Å². The van der Waals surface area contributed by atoms with E-state index in [0.717, 1.165) is 10.5 Å². The van der Waals surface area contributed by atoms with Crippen molar-refractivity contribution in [3.05, 3.63) is 53.4 Å². The number of aliphatic hydroxyl groups is 2. The monoisotopic (exact) mass is 636 g/mol. The van der Waals surface area contributed by atoms with Crippen molar-refractivity contribution in [2.75, 3.05) is 18.6 Å². The predicted octanol–water partition coefficient (Wildman–Crippen LogP) is 4.32. The van der Waals surface area contributed by atoms with E-state index in [1.54, 1.807) is 18.9 Å². The molecule has 6 atom stereocenters. The molecule has 1 amide bonds. The summed E-state index contributed by atoms with van der Waals surface area (Å²) in [6, 6.07) is 9.47. The average molecular weight is 637 g/mol. The van der Waals surface area contributed by atoms with Crippen LogP contribution in [0, 0.1) is 30.1 Å². The summed E-state index contributed by atoms with van der Waals surface area (Å²) in [6.45, 7) is 4.56. The smallest absolute Gasteiger partial charge is 0.329 e. The molecule has 0 bridgehead atoms. The first-order valence-corrected chi connectivity index (χ1v) is 15.7. The first-order valence-electron chi connectivity index (χ1n) is 14.9. The average Bonchev–Trinajstić information content (AvgIpc) is 3.78. The van der Waals surface area contributed by atoms with Gasteiger partial charge in [0, 0.05) is 5.56 Å². The van der Waals surface area contributed by atoms with Crippen LogP contribution < -0.4 is 9.64 Å². The van der Waals surface area contributed by atoms with Crippen LogP contribution in [0.3, 0.4) is 0 Å². The van der Waals surface area contributed by atoms with Crippen LogP contribution in [0.15, 0.2) is 41.1 Å². The van der Waals surface area contributed by atoms with E-state index in [9.17, 15) is 30.2 Å². The lowest BCUT2D eigenvalue weighted by molar-refractivity contribution is -0.154. The van der Waals surface area contributed by atoms with Crippen LogP contribution >= 0.6 is 11.3 Å². The van der Waals surface area contributed by atoms with Gasteiger partial charge in [0.25, 0.3) is 5.91 Å². The number of carbonyl (C=O) groups is 2. The third kappa shape index (κ3) is 5.25. The lowest BCUT2D eigenvalue weighted by Gasteiger charge is -2.47. The number of aliphatic hydroxyl groups excluding tert-OH is 1. The van der Waals surface area contributed by atoms with E-state index in [-0.39, 0.29) is 30.0 Å². The summed E-state index contributed by atoms with van der Waals surface area (Å²) >= 11 is 1.23. The molecule has 3 aliphatic rings. The van der Waals surface area contributed by atoms with Crippen molar-refractivity contribution >= 4 is 28.2 Å². The van der Waals surface area contributed by atoms with E-state index < -0.39 is 35.5 Å². The number of hydrogen-bond donors (Lipinski definition) is 3. The number of carboxylic acids is 1. The van der Waals surface area contributed by atoms with Crippen molar-refractivity contribution in [1.29, 1.82) is 5.26 Å². The Hall–Kier alpha value is -3.96. The first-order chi connectivity index (χ1) is 21.4. The van der Waals surface area contributed by atoms with Crippen LogP contribution in [-0.2, 0) is 9.53 Å². The van der Waals surface area contributed by atoms with E-state index in [0.29, 0.717) is 52.8 Å². The molecule has 2 aromatic heterocycles. The van der Waals surface area contributed by atoms with E-state index >= 15 is 0 Å². The van der Waals surface area contributed by atoms with Gasteiger partial charge in [-0.05, 0) is 69.9 Å². The lowest BCUT2D eigenvalue weighted by Crippen LogP contribution is -2.65. The number of nitrogens with zero attached hydrogens (tertiary/aromatic N) is 4. The van der Waals surface area contributed by atoms with Crippen LogP contribution in [-0.4, -0.2) is 74.3 Å². The Morgan fingerprint density at radius 3 is 2.58 bits per heavy atom. The van der Waals surface area contributed by atoms with Crippen LogP contribution in [0.4, 0.5) is 5.00 Å². The van der Waals surface area contributed by atoms with Crippen LogP contribution in [0.5, 0.6) is 5.75 Å². The second-order valence-corrected chi connectivity index (χ2v) is 13.6.